The molecule has 6 nitrogen and oxygen atoms in total. The number of aliphatic imine (C=N–C) groups is 1. The number of benzene rings is 1. The number of hydrogen-bond donors (Lipinski definition) is 2. The summed E-state index contributed by atoms with van der Waals surface area (Å²) in [6, 6.07) is 12.7. The number of halogens is 1. The van der Waals surface area contributed by atoms with Gasteiger partial charge in [0, 0.05) is 50.6 Å². The smallest absolute Gasteiger partial charge is 0.191 e. The monoisotopic (exact) mass is 424 g/mol. The van der Waals surface area contributed by atoms with E-state index < -0.39 is 0 Å². The molecule has 0 spiro atoms. The summed E-state index contributed by atoms with van der Waals surface area (Å²) in [5, 5.41) is 7.66. The maximum Gasteiger partial charge on any atom is 0.191 e. The molecule has 2 aliphatic rings. The van der Waals surface area contributed by atoms with E-state index >= 15 is 0 Å². The van der Waals surface area contributed by atoms with Crippen LogP contribution in [0.1, 0.15) is 18.9 Å². The molecule has 0 amide bonds. The lowest BCUT2D eigenvalue weighted by atomic mass is 10.2. The summed E-state index contributed by atoms with van der Waals surface area (Å²) in [4.78, 5) is 13.9. The fourth-order valence-electron chi connectivity index (χ4n) is 3.90. The van der Waals surface area contributed by atoms with Gasteiger partial charge in [0.1, 0.15) is 5.82 Å². The summed E-state index contributed by atoms with van der Waals surface area (Å²) in [7, 11) is 0. The Labute approximate surface area is 183 Å². The summed E-state index contributed by atoms with van der Waals surface area (Å²) in [5.41, 5.74) is 2.47. The van der Waals surface area contributed by atoms with E-state index in [0.29, 0.717) is 17.6 Å². The van der Waals surface area contributed by atoms with Gasteiger partial charge in [-0.05, 0) is 43.2 Å². The molecule has 0 saturated carbocycles. The fraction of sp³-hybridized carbons (Fsp3) is 0.391. The van der Waals surface area contributed by atoms with Crippen LogP contribution >= 0.6 is 11.6 Å². The second-order valence-corrected chi connectivity index (χ2v) is 8.03. The Balaban J connectivity index is 1.37. The second kappa shape index (κ2) is 9.85. The van der Waals surface area contributed by atoms with Gasteiger partial charge in [0.25, 0.3) is 0 Å². The SMILES string of the molecule is CCNC(=NCc1cccc(N2CC=CC2)c1)NC1CCN(c2ncccc2Cl)C1. The highest BCUT2D eigenvalue weighted by Crippen LogP contribution is 2.25. The summed E-state index contributed by atoms with van der Waals surface area (Å²) in [6.07, 6.45) is 7.23. The molecule has 1 saturated heterocycles. The lowest BCUT2D eigenvalue weighted by Gasteiger charge is -2.20. The Hall–Kier alpha value is -2.73. The quantitative estimate of drug-likeness (QED) is 0.422. The van der Waals surface area contributed by atoms with Gasteiger partial charge in [-0.25, -0.2) is 9.98 Å². The van der Waals surface area contributed by atoms with Crippen LogP contribution < -0.4 is 20.4 Å². The van der Waals surface area contributed by atoms with E-state index in [4.69, 9.17) is 16.6 Å². The molecule has 4 rings (SSSR count). The van der Waals surface area contributed by atoms with E-state index in [-0.39, 0.29) is 0 Å². The number of nitrogens with zero attached hydrogens (tertiary/aromatic N) is 4. The summed E-state index contributed by atoms with van der Waals surface area (Å²) < 4.78 is 0. The van der Waals surface area contributed by atoms with Crippen LogP contribution in [0.25, 0.3) is 0 Å². The minimum atomic E-state index is 0.308. The highest BCUT2D eigenvalue weighted by atomic mass is 35.5. The Morgan fingerprint density at radius 3 is 2.87 bits per heavy atom. The van der Waals surface area contributed by atoms with Crippen LogP contribution in [0.15, 0.2) is 59.7 Å². The zero-order valence-electron chi connectivity index (χ0n) is 17.4. The van der Waals surface area contributed by atoms with E-state index in [1.807, 2.05) is 12.1 Å². The van der Waals surface area contributed by atoms with Crippen LogP contribution in [0.5, 0.6) is 0 Å². The first-order valence-corrected chi connectivity index (χ1v) is 11.0. The minimum Gasteiger partial charge on any atom is -0.364 e. The number of pyridine rings is 1. The van der Waals surface area contributed by atoms with Gasteiger partial charge in [-0.15, -0.1) is 0 Å². The van der Waals surface area contributed by atoms with Crippen LogP contribution in [0, 0.1) is 0 Å². The Morgan fingerprint density at radius 1 is 1.20 bits per heavy atom. The Kier molecular flexibility index (Phi) is 6.74. The molecule has 30 heavy (non-hydrogen) atoms. The number of aromatic nitrogens is 1. The standard InChI is InChI=1S/C23H29ClN6/c1-2-25-23(27-16-18-7-5-8-20(15-18)29-12-3-4-13-29)28-19-10-14-30(17-19)22-21(24)9-6-11-26-22/h3-9,11,15,19H,2,10,12-14,16-17H2,1H3,(H2,25,27,28). The maximum atomic E-state index is 6.32. The average molecular weight is 425 g/mol. The summed E-state index contributed by atoms with van der Waals surface area (Å²) in [6.45, 7) is 7.32. The third kappa shape index (κ3) is 5.05. The predicted octanol–water partition coefficient (Wildman–Crippen LogP) is 3.45. The molecule has 1 atom stereocenters. The number of anilines is 2. The van der Waals surface area contributed by atoms with Crippen molar-refractivity contribution in [1.29, 1.82) is 0 Å². The van der Waals surface area contributed by atoms with E-state index in [0.717, 1.165) is 50.9 Å². The number of rotatable bonds is 6. The molecule has 0 bridgehead atoms. The van der Waals surface area contributed by atoms with Crippen molar-refractivity contribution in [3.63, 3.8) is 0 Å². The molecule has 2 aliphatic heterocycles. The van der Waals surface area contributed by atoms with Gasteiger partial charge in [0.05, 0.1) is 11.6 Å². The first-order valence-electron chi connectivity index (χ1n) is 10.6. The highest BCUT2D eigenvalue weighted by Gasteiger charge is 2.25. The molecule has 1 unspecified atom stereocenters. The van der Waals surface area contributed by atoms with Crippen molar-refractivity contribution in [3.05, 3.63) is 65.3 Å². The van der Waals surface area contributed by atoms with Crippen molar-refractivity contribution in [2.75, 3.05) is 42.5 Å². The molecule has 158 valence electrons. The molecular formula is C23H29ClN6. The van der Waals surface area contributed by atoms with Gasteiger partial charge in [0.2, 0.25) is 0 Å². The van der Waals surface area contributed by atoms with Gasteiger partial charge < -0.3 is 20.4 Å². The Bertz CT molecular complexity index is 904. The normalized spacial score (nSPS) is 18.9. The Morgan fingerprint density at radius 2 is 2.07 bits per heavy atom. The van der Waals surface area contributed by atoms with Crippen molar-refractivity contribution in [2.24, 2.45) is 4.99 Å². The van der Waals surface area contributed by atoms with Crippen molar-refractivity contribution < 1.29 is 0 Å². The van der Waals surface area contributed by atoms with Gasteiger partial charge in [0.15, 0.2) is 5.96 Å². The topological polar surface area (TPSA) is 55.8 Å². The average Bonchev–Trinajstić information content (AvgIpc) is 3.45. The van der Waals surface area contributed by atoms with Crippen LogP contribution in [-0.2, 0) is 6.54 Å². The first kappa shape index (κ1) is 20.5. The van der Waals surface area contributed by atoms with Crippen molar-refractivity contribution in [3.8, 4) is 0 Å². The lowest BCUT2D eigenvalue weighted by molar-refractivity contribution is 0.649. The van der Waals surface area contributed by atoms with Crippen molar-refractivity contribution in [1.82, 2.24) is 15.6 Å². The van der Waals surface area contributed by atoms with E-state index in [1.165, 1.54) is 11.3 Å². The number of guanidine groups is 1. The van der Waals surface area contributed by atoms with Gasteiger partial charge in [-0.3, -0.25) is 0 Å². The van der Waals surface area contributed by atoms with Gasteiger partial charge >= 0.3 is 0 Å². The third-order valence-electron chi connectivity index (χ3n) is 5.43. The molecular weight excluding hydrogens is 396 g/mol. The molecule has 1 aromatic heterocycles. The summed E-state index contributed by atoms with van der Waals surface area (Å²) in [5.74, 6) is 1.71. The molecule has 0 radical (unpaired) electrons. The molecule has 1 aromatic carbocycles. The number of hydrogen-bond acceptors (Lipinski definition) is 4. The van der Waals surface area contributed by atoms with E-state index in [2.05, 4.69) is 68.8 Å². The van der Waals surface area contributed by atoms with Crippen LogP contribution in [0.4, 0.5) is 11.5 Å². The van der Waals surface area contributed by atoms with E-state index in [1.54, 1.807) is 6.20 Å². The van der Waals surface area contributed by atoms with Crippen molar-refractivity contribution >= 4 is 29.1 Å². The maximum absolute atomic E-state index is 6.32. The van der Waals surface area contributed by atoms with Crippen LogP contribution in [0.2, 0.25) is 5.02 Å². The highest BCUT2D eigenvalue weighted by molar-refractivity contribution is 6.32. The second-order valence-electron chi connectivity index (χ2n) is 7.63. The zero-order valence-corrected chi connectivity index (χ0v) is 18.1. The fourth-order valence-corrected chi connectivity index (χ4v) is 4.15. The van der Waals surface area contributed by atoms with Gasteiger partial charge in [-0.2, -0.15) is 0 Å². The van der Waals surface area contributed by atoms with Crippen molar-refractivity contribution in [2.45, 2.75) is 25.9 Å². The molecule has 2 N–H and O–H groups in total. The molecule has 7 heteroatoms. The summed E-state index contributed by atoms with van der Waals surface area (Å²) >= 11 is 6.32. The third-order valence-corrected chi connectivity index (χ3v) is 5.72. The zero-order chi connectivity index (χ0) is 20.8. The molecule has 2 aromatic rings. The van der Waals surface area contributed by atoms with Crippen LogP contribution in [-0.4, -0.2) is 49.7 Å². The first-order chi connectivity index (χ1) is 14.7. The largest absolute Gasteiger partial charge is 0.364 e. The molecule has 1 fully saturated rings. The number of nitrogens with one attached hydrogen (secondary N) is 2. The van der Waals surface area contributed by atoms with Gasteiger partial charge in [-0.1, -0.05) is 35.9 Å². The molecule has 0 aliphatic carbocycles. The van der Waals surface area contributed by atoms with Crippen LogP contribution in [0.3, 0.4) is 0 Å². The lowest BCUT2D eigenvalue weighted by Crippen LogP contribution is -2.44. The minimum absolute atomic E-state index is 0.308. The van der Waals surface area contributed by atoms with E-state index in [9.17, 15) is 0 Å². The molecule has 3 heterocycles. The predicted molar refractivity (Wildman–Crippen MR) is 126 cm³/mol.